The molecule has 0 bridgehead atoms. The number of rotatable bonds is 11. The number of aryl methyl sites for hydroxylation is 2. The van der Waals surface area contributed by atoms with Gasteiger partial charge in [-0.25, -0.2) is 4.79 Å². The van der Waals surface area contributed by atoms with Gasteiger partial charge in [-0.2, -0.15) is 0 Å². The number of methoxy groups -OCH3 is 1. The maximum atomic E-state index is 14.0. The van der Waals surface area contributed by atoms with E-state index in [9.17, 15) is 19.5 Å². The van der Waals surface area contributed by atoms with Crippen LogP contribution in [-0.4, -0.2) is 59.4 Å². The molecule has 0 radical (unpaired) electrons. The van der Waals surface area contributed by atoms with E-state index in [4.69, 9.17) is 21.2 Å². The van der Waals surface area contributed by atoms with Gasteiger partial charge >= 0.3 is 5.97 Å². The zero-order valence-electron chi connectivity index (χ0n) is 24.3. The highest BCUT2D eigenvalue weighted by Crippen LogP contribution is 2.25. The van der Waals surface area contributed by atoms with E-state index >= 15 is 0 Å². The Balaban J connectivity index is 1.63. The molecular weight excluding hydrogens is 534 g/mol. The topological polar surface area (TPSA) is 160 Å². The van der Waals surface area contributed by atoms with Gasteiger partial charge in [0.25, 0.3) is 0 Å². The molecular formula is C32H37N5O5. The predicted octanol–water partition coefficient (Wildman–Crippen LogP) is 3.14. The van der Waals surface area contributed by atoms with Gasteiger partial charge in [-0.1, -0.05) is 36.4 Å². The first kappa shape index (κ1) is 30.3. The zero-order valence-corrected chi connectivity index (χ0v) is 24.3. The van der Waals surface area contributed by atoms with E-state index in [-0.39, 0.29) is 36.2 Å². The molecule has 4 rings (SSSR count). The van der Waals surface area contributed by atoms with E-state index in [1.165, 1.54) is 13.2 Å². The summed E-state index contributed by atoms with van der Waals surface area (Å²) in [4.78, 5) is 44.0. The van der Waals surface area contributed by atoms with Crippen molar-refractivity contribution in [1.82, 2.24) is 10.2 Å². The first-order chi connectivity index (χ1) is 20.0. The minimum absolute atomic E-state index is 0.000569. The molecule has 6 N–H and O–H groups in total. The highest BCUT2D eigenvalue weighted by Gasteiger charge is 2.32. The number of carboxylic acid groups (broad SMARTS) is 1. The highest BCUT2D eigenvalue weighted by molar-refractivity contribution is 5.95. The van der Waals surface area contributed by atoms with Gasteiger partial charge < -0.3 is 31.5 Å². The van der Waals surface area contributed by atoms with Crippen LogP contribution in [0.15, 0.2) is 65.7 Å². The van der Waals surface area contributed by atoms with Crippen LogP contribution in [0.25, 0.3) is 0 Å². The van der Waals surface area contributed by atoms with Crippen molar-refractivity contribution < 1.29 is 24.2 Å². The van der Waals surface area contributed by atoms with Crippen LogP contribution < -0.4 is 21.5 Å². The van der Waals surface area contributed by atoms with Crippen molar-refractivity contribution in [3.05, 3.63) is 99.6 Å². The summed E-state index contributed by atoms with van der Waals surface area (Å²) in [6.45, 7) is 6.22. The van der Waals surface area contributed by atoms with Crippen LogP contribution in [0.5, 0.6) is 5.75 Å². The molecule has 42 heavy (non-hydrogen) atoms. The summed E-state index contributed by atoms with van der Waals surface area (Å²) in [5.41, 5.74) is 16.6. The normalized spacial score (nSPS) is 15.7. The van der Waals surface area contributed by atoms with Gasteiger partial charge in [0.05, 0.1) is 31.8 Å². The molecule has 0 aliphatic carbocycles. The lowest BCUT2D eigenvalue weighted by molar-refractivity contribution is -0.134. The number of nitrogens with one attached hydrogen (secondary N) is 1. The molecule has 0 spiro atoms. The fourth-order valence-corrected chi connectivity index (χ4v) is 5.33. The predicted molar refractivity (Wildman–Crippen MR) is 161 cm³/mol. The molecule has 0 fully saturated rings. The number of primary amides is 1. The lowest BCUT2D eigenvalue weighted by atomic mass is 9.93. The fraction of sp³-hybridized carbons (Fsp3) is 0.312. The second-order valence-corrected chi connectivity index (χ2v) is 10.6. The first-order valence-electron chi connectivity index (χ1n) is 13.7. The van der Waals surface area contributed by atoms with E-state index in [1.54, 1.807) is 29.2 Å². The number of hydrogen-bond donors (Lipinski definition) is 4. The Morgan fingerprint density at radius 3 is 2.36 bits per heavy atom. The number of nitrogens with two attached hydrogens (primary N) is 2. The number of carbonyl (C=O) groups is 3. The smallest absolute Gasteiger partial charge is 0.339 e. The van der Waals surface area contributed by atoms with Crippen LogP contribution in [0.4, 0.5) is 0 Å². The number of aromatic carboxylic acids is 1. The summed E-state index contributed by atoms with van der Waals surface area (Å²) in [5.74, 6) is -1.09. The fourth-order valence-electron chi connectivity index (χ4n) is 5.33. The lowest BCUT2D eigenvalue weighted by Gasteiger charge is -2.32. The molecule has 2 unspecified atom stereocenters. The van der Waals surface area contributed by atoms with Crippen LogP contribution in [0.3, 0.4) is 0 Å². The van der Waals surface area contributed by atoms with Gasteiger partial charge in [0, 0.05) is 12.1 Å². The molecule has 3 aromatic carbocycles. The number of nitrogens with zero attached hydrogens (tertiary/aromatic N) is 2. The summed E-state index contributed by atoms with van der Waals surface area (Å²) in [5, 5.41) is 13.2. The molecule has 1 heterocycles. The molecule has 0 aromatic heterocycles. The Kier molecular flexibility index (Phi) is 9.27. The number of amidine groups is 1. The molecule has 10 nitrogen and oxygen atoms in total. The molecule has 0 saturated heterocycles. The molecule has 1 aliphatic heterocycles. The Labute approximate surface area is 245 Å². The summed E-state index contributed by atoms with van der Waals surface area (Å²) in [6, 6.07) is 16.8. The van der Waals surface area contributed by atoms with Crippen molar-refractivity contribution in [3.63, 3.8) is 0 Å². The average molecular weight is 572 g/mol. The summed E-state index contributed by atoms with van der Waals surface area (Å²) in [6.07, 6.45) is 0.244. The van der Waals surface area contributed by atoms with Crippen LogP contribution in [0, 0.1) is 13.8 Å². The number of carbonyl (C=O) groups excluding carboxylic acids is 2. The Morgan fingerprint density at radius 2 is 1.76 bits per heavy atom. The number of carboxylic acids is 1. The van der Waals surface area contributed by atoms with E-state index in [0.717, 1.165) is 22.3 Å². The third kappa shape index (κ3) is 6.60. The van der Waals surface area contributed by atoms with Crippen LogP contribution in [-0.2, 0) is 17.8 Å². The van der Waals surface area contributed by atoms with E-state index in [1.807, 2.05) is 51.1 Å². The first-order valence-corrected chi connectivity index (χ1v) is 13.7. The lowest BCUT2D eigenvalue weighted by Crippen LogP contribution is -2.52. The molecule has 3 aromatic rings. The number of benzene rings is 3. The van der Waals surface area contributed by atoms with Crippen molar-refractivity contribution in [3.8, 4) is 5.75 Å². The van der Waals surface area contributed by atoms with Gasteiger partial charge in [-0.3, -0.25) is 14.6 Å². The van der Waals surface area contributed by atoms with Crippen molar-refractivity contribution in [1.29, 1.82) is 0 Å². The molecule has 2 amide bonds. The third-order valence-corrected chi connectivity index (χ3v) is 7.68. The Bertz CT molecular complexity index is 1500. The van der Waals surface area contributed by atoms with E-state index < -0.39 is 24.0 Å². The van der Waals surface area contributed by atoms with Crippen molar-refractivity contribution in [2.75, 3.05) is 13.7 Å². The second kappa shape index (κ2) is 12.9. The maximum Gasteiger partial charge on any atom is 0.339 e. The largest absolute Gasteiger partial charge is 0.496 e. The van der Waals surface area contributed by atoms with Crippen LogP contribution in [0.1, 0.15) is 61.5 Å². The van der Waals surface area contributed by atoms with Crippen LogP contribution in [0.2, 0.25) is 0 Å². The van der Waals surface area contributed by atoms with Gasteiger partial charge in [0.2, 0.25) is 11.8 Å². The van der Waals surface area contributed by atoms with Gasteiger partial charge in [0.15, 0.2) is 0 Å². The van der Waals surface area contributed by atoms with E-state index in [0.29, 0.717) is 23.5 Å². The van der Waals surface area contributed by atoms with E-state index in [2.05, 4.69) is 5.32 Å². The van der Waals surface area contributed by atoms with Crippen molar-refractivity contribution in [2.45, 2.75) is 51.9 Å². The molecule has 220 valence electrons. The van der Waals surface area contributed by atoms with Gasteiger partial charge in [0.1, 0.15) is 17.1 Å². The summed E-state index contributed by atoms with van der Waals surface area (Å²) in [7, 11) is 1.41. The second-order valence-electron chi connectivity index (χ2n) is 10.6. The van der Waals surface area contributed by atoms with Gasteiger partial charge in [-0.05, 0) is 79.3 Å². The standard InChI is InChI=1S/C32H37N5O5/c1-18-12-23(29(34)38)13-19(2)24(18)15-26(33)31(39)37(17-21-10-11-28(42-4)25(14-21)32(40)41)20(3)30-35-16-27(36-30)22-8-6-5-7-9-22/h5-14,20,26-27H,15-17,33H2,1-4H3,(H2,34,38)(H,35,36)(H,40,41)/t20?,26-,27?/m0/s1. The number of aliphatic imine (C=N–C) groups is 1. The quantitative estimate of drug-likeness (QED) is 0.275. The molecule has 0 saturated carbocycles. The molecule has 10 heteroatoms. The van der Waals surface area contributed by atoms with Crippen molar-refractivity contribution in [2.24, 2.45) is 16.5 Å². The third-order valence-electron chi connectivity index (χ3n) is 7.68. The minimum Gasteiger partial charge on any atom is -0.496 e. The van der Waals surface area contributed by atoms with Crippen LogP contribution >= 0.6 is 0 Å². The Morgan fingerprint density at radius 1 is 1.10 bits per heavy atom. The zero-order chi connectivity index (χ0) is 30.6. The van der Waals surface area contributed by atoms with Gasteiger partial charge in [-0.15, -0.1) is 0 Å². The summed E-state index contributed by atoms with van der Waals surface area (Å²) < 4.78 is 5.21. The average Bonchev–Trinajstić information content (AvgIpc) is 3.47. The van der Waals surface area contributed by atoms with Crippen molar-refractivity contribution >= 4 is 23.6 Å². The SMILES string of the molecule is COc1ccc(CN(C(=O)[C@@H](N)Cc2c(C)cc(C(N)=O)cc2C)C(C)C2=NCC(c3ccccc3)N2)cc1C(=O)O. The number of hydrogen-bond acceptors (Lipinski definition) is 7. The molecule has 1 aliphatic rings. The maximum absolute atomic E-state index is 14.0. The number of amides is 2. The monoisotopic (exact) mass is 571 g/mol. The Hall–Kier alpha value is -4.70. The molecule has 3 atom stereocenters. The minimum atomic E-state index is -1.13. The number of ether oxygens (including phenoxy) is 1. The summed E-state index contributed by atoms with van der Waals surface area (Å²) >= 11 is 0. The highest BCUT2D eigenvalue weighted by atomic mass is 16.5.